The van der Waals surface area contributed by atoms with Crippen LogP contribution in [0.2, 0.25) is 0 Å². The molecule has 0 radical (unpaired) electrons. The predicted octanol–water partition coefficient (Wildman–Crippen LogP) is 2.61. The number of methoxy groups -OCH3 is 1. The first-order valence-electron chi connectivity index (χ1n) is 9.42. The Morgan fingerprint density at radius 3 is 2.79 bits per heavy atom. The third kappa shape index (κ3) is 4.34. The number of carbonyl (C=O) groups is 2. The number of hydrogen-bond acceptors (Lipinski definition) is 5. The molecular formula is C22H22N2O5. The van der Waals surface area contributed by atoms with Crippen LogP contribution >= 0.6 is 0 Å². The number of nitrogens with zero attached hydrogens (tertiary/aromatic N) is 1. The number of rotatable bonds is 6. The van der Waals surface area contributed by atoms with Gasteiger partial charge in [0.05, 0.1) is 7.11 Å². The highest BCUT2D eigenvalue weighted by Gasteiger charge is 2.31. The van der Waals surface area contributed by atoms with E-state index in [4.69, 9.17) is 14.2 Å². The van der Waals surface area contributed by atoms with E-state index in [0.29, 0.717) is 31.0 Å². The lowest BCUT2D eigenvalue weighted by Crippen LogP contribution is -2.30. The van der Waals surface area contributed by atoms with Gasteiger partial charge in [0.15, 0.2) is 11.5 Å². The summed E-state index contributed by atoms with van der Waals surface area (Å²) in [4.78, 5) is 26.2. The quantitative estimate of drug-likeness (QED) is 0.762. The van der Waals surface area contributed by atoms with Crippen molar-refractivity contribution in [1.29, 1.82) is 0 Å². The number of fused-ring (bicyclic) bond motifs is 1. The summed E-state index contributed by atoms with van der Waals surface area (Å²) in [5, 5.41) is 2.88. The van der Waals surface area contributed by atoms with Crippen molar-refractivity contribution in [1.82, 2.24) is 5.32 Å². The van der Waals surface area contributed by atoms with E-state index in [1.54, 1.807) is 18.1 Å². The van der Waals surface area contributed by atoms with Gasteiger partial charge in [-0.3, -0.25) is 9.59 Å². The van der Waals surface area contributed by atoms with Crippen molar-refractivity contribution in [2.45, 2.75) is 6.42 Å². The zero-order valence-electron chi connectivity index (χ0n) is 16.1. The van der Waals surface area contributed by atoms with E-state index in [0.717, 1.165) is 17.0 Å². The first kappa shape index (κ1) is 18.9. The molecule has 0 aromatic heterocycles. The summed E-state index contributed by atoms with van der Waals surface area (Å²) in [6.45, 7) is 1.20. The second-order valence-corrected chi connectivity index (χ2v) is 6.96. The minimum Gasteiger partial charge on any atom is -0.497 e. The summed E-state index contributed by atoms with van der Waals surface area (Å²) >= 11 is 0. The van der Waals surface area contributed by atoms with Crippen LogP contribution in [0.4, 0.5) is 5.69 Å². The van der Waals surface area contributed by atoms with E-state index in [-0.39, 0.29) is 24.5 Å². The fraction of sp³-hybridized carbons (Fsp3) is 0.273. The molecule has 2 aromatic rings. The van der Waals surface area contributed by atoms with Crippen molar-refractivity contribution in [3.05, 3.63) is 54.1 Å². The Kier molecular flexibility index (Phi) is 5.37. The topological polar surface area (TPSA) is 77.1 Å². The second kappa shape index (κ2) is 8.26. The zero-order chi connectivity index (χ0) is 20.2. The van der Waals surface area contributed by atoms with Crippen LogP contribution in [-0.2, 0) is 9.59 Å². The Labute approximate surface area is 168 Å². The summed E-state index contributed by atoms with van der Waals surface area (Å²) in [5.41, 5.74) is 1.69. The van der Waals surface area contributed by atoms with Crippen molar-refractivity contribution in [2.24, 2.45) is 5.92 Å². The molecule has 150 valence electrons. The summed E-state index contributed by atoms with van der Waals surface area (Å²) in [6, 6.07) is 12.9. The Morgan fingerprint density at radius 1 is 1.21 bits per heavy atom. The number of benzene rings is 2. The average Bonchev–Trinajstić information content (AvgIpc) is 3.36. The SMILES string of the molecule is COc1ccc(C=CC(=O)NCC2CC(=O)N(c3ccc4c(c3)OCO4)C2)cc1. The molecule has 2 aliphatic heterocycles. The number of ether oxygens (including phenoxy) is 3. The van der Waals surface area contributed by atoms with Gasteiger partial charge < -0.3 is 24.4 Å². The highest BCUT2D eigenvalue weighted by molar-refractivity contribution is 5.96. The van der Waals surface area contributed by atoms with Crippen LogP contribution < -0.4 is 24.4 Å². The molecule has 2 aromatic carbocycles. The van der Waals surface area contributed by atoms with Crippen LogP contribution in [0.25, 0.3) is 6.08 Å². The van der Waals surface area contributed by atoms with Crippen LogP contribution in [0.5, 0.6) is 17.2 Å². The lowest BCUT2D eigenvalue weighted by Gasteiger charge is -2.17. The van der Waals surface area contributed by atoms with Crippen LogP contribution in [0.3, 0.4) is 0 Å². The molecule has 1 atom stereocenters. The maximum atomic E-state index is 12.4. The smallest absolute Gasteiger partial charge is 0.244 e. The van der Waals surface area contributed by atoms with Gasteiger partial charge in [-0.25, -0.2) is 0 Å². The minimum absolute atomic E-state index is 0.0388. The fourth-order valence-electron chi connectivity index (χ4n) is 3.41. The van der Waals surface area contributed by atoms with Crippen LogP contribution in [0, 0.1) is 5.92 Å². The second-order valence-electron chi connectivity index (χ2n) is 6.96. The Hall–Kier alpha value is -3.48. The minimum atomic E-state index is -0.185. The molecule has 2 aliphatic rings. The van der Waals surface area contributed by atoms with Crippen molar-refractivity contribution in [2.75, 3.05) is 31.9 Å². The van der Waals surface area contributed by atoms with Crippen molar-refractivity contribution in [3.63, 3.8) is 0 Å². The molecule has 2 amide bonds. The molecule has 4 rings (SSSR count). The van der Waals surface area contributed by atoms with Gasteiger partial charge in [0.1, 0.15) is 5.75 Å². The Bertz CT molecular complexity index is 939. The number of amides is 2. The highest BCUT2D eigenvalue weighted by Crippen LogP contribution is 2.37. The normalized spacial score (nSPS) is 17.8. The molecule has 7 nitrogen and oxygen atoms in total. The third-order valence-corrected chi connectivity index (χ3v) is 4.98. The fourth-order valence-corrected chi connectivity index (χ4v) is 3.41. The molecular weight excluding hydrogens is 372 g/mol. The molecule has 0 saturated carbocycles. The molecule has 2 heterocycles. The monoisotopic (exact) mass is 394 g/mol. The molecule has 7 heteroatoms. The first-order valence-corrected chi connectivity index (χ1v) is 9.42. The van der Waals surface area contributed by atoms with Crippen molar-refractivity contribution in [3.8, 4) is 17.2 Å². The van der Waals surface area contributed by atoms with Crippen molar-refractivity contribution < 1.29 is 23.8 Å². The van der Waals surface area contributed by atoms with Gasteiger partial charge in [0.2, 0.25) is 18.6 Å². The van der Waals surface area contributed by atoms with E-state index < -0.39 is 0 Å². The van der Waals surface area contributed by atoms with Gasteiger partial charge in [-0.05, 0) is 35.9 Å². The number of nitrogens with one attached hydrogen (secondary N) is 1. The number of anilines is 1. The highest BCUT2D eigenvalue weighted by atomic mass is 16.7. The first-order chi connectivity index (χ1) is 14.1. The van der Waals surface area contributed by atoms with Crippen LogP contribution in [-0.4, -0.2) is 38.8 Å². The summed E-state index contributed by atoms with van der Waals surface area (Å²) in [7, 11) is 1.61. The molecule has 1 saturated heterocycles. The molecule has 1 fully saturated rings. The summed E-state index contributed by atoms with van der Waals surface area (Å²) in [6.07, 6.45) is 3.64. The average molecular weight is 394 g/mol. The van der Waals surface area contributed by atoms with Gasteiger partial charge in [0.25, 0.3) is 0 Å². The van der Waals surface area contributed by atoms with E-state index in [2.05, 4.69) is 5.32 Å². The third-order valence-electron chi connectivity index (χ3n) is 4.98. The molecule has 29 heavy (non-hydrogen) atoms. The van der Waals surface area contributed by atoms with Gasteiger partial charge in [-0.2, -0.15) is 0 Å². The Morgan fingerprint density at radius 2 is 2.00 bits per heavy atom. The van der Waals surface area contributed by atoms with Gasteiger partial charge in [-0.15, -0.1) is 0 Å². The summed E-state index contributed by atoms with van der Waals surface area (Å²) in [5.74, 6) is 2.02. The van der Waals surface area contributed by atoms with E-state index in [1.807, 2.05) is 42.5 Å². The maximum absolute atomic E-state index is 12.4. The molecule has 0 spiro atoms. The number of carbonyl (C=O) groups excluding carboxylic acids is 2. The van der Waals surface area contributed by atoms with Crippen molar-refractivity contribution >= 4 is 23.6 Å². The maximum Gasteiger partial charge on any atom is 0.244 e. The largest absolute Gasteiger partial charge is 0.497 e. The van der Waals surface area contributed by atoms with Gasteiger partial charge in [0, 0.05) is 43.3 Å². The van der Waals surface area contributed by atoms with Gasteiger partial charge >= 0.3 is 0 Å². The summed E-state index contributed by atoms with van der Waals surface area (Å²) < 4.78 is 15.8. The van der Waals surface area contributed by atoms with E-state index in [1.165, 1.54) is 6.08 Å². The lowest BCUT2D eigenvalue weighted by molar-refractivity contribution is -0.118. The predicted molar refractivity (Wildman–Crippen MR) is 108 cm³/mol. The van der Waals surface area contributed by atoms with E-state index >= 15 is 0 Å². The lowest BCUT2D eigenvalue weighted by atomic mass is 10.1. The molecule has 1 N–H and O–H groups in total. The Balaban J connectivity index is 1.29. The zero-order valence-corrected chi connectivity index (χ0v) is 16.1. The standard InChI is InChI=1S/C22H22N2O5/c1-27-18-6-2-15(3-7-18)4-9-21(25)23-12-16-10-22(26)24(13-16)17-5-8-19-20(11-17)29-14-28-19/h2-9,11,16H,10,12-14H2,1H3,(H,23,25). The molecule has 0 bridgehead atoms. The van der Waals surface area contributed by atoms with Crippen LogP contribution in [0.15, 0.2) is 48.5 Å². The van der Waals surface area contributed by atoms with E-state index in [9.17, 15) is 9.59 Å². The number of hydrogen-bond donors (Lipinski definition) is 1. The van der Waals surface area contributed by atoms with Crippen LogP contribution in [0.1, 0.15) is 12.0 Å². The molecule has 1 unspecified atom stereocenters. The molecule has 0 aliphatic carbocycles. The van der Waals surface area contributed by atoms with Gasteiger partial charge in [-0.1, -0.05) is 12.1 Å².